The molecule has 24 heavy (non-hydrogen) atoms. The van der Waals surface area contributed by atoms with Gasteiger partial charge in [0, 0.05) is 12.8 Å². The molecule has 11 nitrogen and oxygen atoms in total. The highest BCUT2D eigenvalue weighted by Gasteiger charge is 2.36. The number of ketones is 3. The largest absolute Gasteiger partial charge is 0.394 e. The second-order valence-corrected chi connectivity index (χ2v) is 5.20. The highest BCUT2D eigenvalue weighted by Crippen LogP contribution is 2.08. The highest BCUT2D eigenvalue weighted by atomic mass is 16.4. The van der Waals surface area contributed by atoms with Gasteiger partial charge in [-0.1, -0.05) is 0 Å². The molecule has 0 heterocycles. The zero-order chi connectivity index (χ0) is 19.0. The minimum atomic E-state index is -2.15. The van der Waals surface area contributed by atoms with E-state index in [0.717, 1.165) is 0 Å². The summed E-state index contributed by atoms with van der Waals surface area (Å²) in [5.74, 6) is -5.10. The standard InChI is InChI=1S/C13H22O11/c14-3-9(20)5(16)1-7(18)11(22)13(24)12(23)8(19)2-6(17)10(21)4-15/h5-10,14-21H,1-4H2/t5-,6-,7+,8+,9+,10+/m0/s1. The Labute approximate surface area is 136 Å². The van der Waals surface area contributed by atoms with Crippen molar-refractivity contribution in [2.75, 3.05) is 13.2 Å². The first-order chi connectivity index (χ1) is 11.1. The average Bonchev–Trinajstić information content (AvgIpc) is 2.57. The number of aliphatic hydroxyl groups is 8. The van der Waals surface area contributed by atoms with E-state index >= 15 is 0 Å². The summed E-state index contributed by atoms with van der Waals surface area (Å²) < 4.78 is 0. The Morgan fingerprint density at radius 2 is 0.875 bits per heavy atom. The van der Waals surface area contributed by atoms with Crippen molar-refractivity contribution in [1.29, 1.82) is 0 Å². The molecule has 0 amide bonds. The van der Waals surface area contributed by atoms with Gasteiger partial charge in [-0.15, -0.1) is 0 Å². The van der Waals surface area contributed by atoms with Gasteiger partial charge in [0.05, 0.1) is 25.4 Å². The maximum absolute atomic E-state index is 11.6. The van der Waals surface area contributed by atoms with Gasteiger partial charge in [-0.3, -0.25) is 14.4 Å². The summed E-state index contributed by atoms with van der Waals surface area (Å²) in [6.45, 7) is -1.72. The molecule has 0 spiro atoms. The van der Waals surface area contributed by atoms with E-state index < -0.39 is 80.0 Å². The van der Waals surface area contributed by atoms with Gasteiger partial charge in [0.15, 0.2) is 0 Å². The van der Waals surface area contributed by atoms with Crippen molar-refractivity contribution in [3.8, 4) is 0 Å². The van der Waals surface area contributed by atoms with Gasteiger partial charge in [-0.05, 0) is 0 Å². The minimum Gasteiger partial charge on any atom is -0.394 e. The molecule has 0 fully saturated rings. The lowest BCUT2D eigenvalue weighted by molar-refractivity contribution is -0.152. The molecule has 0 aliphatic rings. The molecule has 0 aliphatic heterocycles. The van der Waals surface area contributed by atoms with Crippen LogP contribution in [0.3, 0.4) is 0 Å². The molecule has 11 heteroatoms. The summed E-state index contributed by atoms with van der Waals surface area (Å²) in [5.41, 5.74) is 0. The van der Waals surface area contributed by atoms with Crippen LogP contribution < -0.4 is 0 Å². The molecule has 0 bridgehead atoms. The molecule has 0 saturated heterocycles. The first kappa shape index (κ1) is 22.7. The lowest BCUT2D eigenvalue weighted by Gasteiger charge is -2.19. The summed E-state index contributed by atoms with van der Waals surface area (Å²) in [6.07, 6.45) is -12.8. The van der Waals surface area contributed by atoms with E-state index in [9.17, 15) is 34.8 Å². The molecule has 0 aromatic rings. The number of aliphatic hydroxyl groups excluding tert-OH is 8. The van der Waals surface area contributed by atoms with Gasteiger partial charge in [-0.25, -0.2) is 0 Å². The van der Waals surface area contributed by atoms with E-state index in [0.29, 0.717) is 0 Å². The summed E-state index contributed by atoms with van der Waals surface area (Å²) in [7, 11) is 0. The fourth-order valence-corrected chi connectivity index (χ4v) is 1.65. The quantitative estimate of drug-likeness (QED) is 0.122. The lowest BCUT2D eigenvalue weighted by Crippen LogP contribution is -2.43. The van der Waals surface area contributed by atoms with Gasteiger partial charge in [0.2, 0.25) is 11.6 Å². The Morgan fingerprint density at radius 1 is 0.583 bits per heavy atom. The number of hydrogen-bond donors (Lipinski definition) is 8. The monoisotopic (exact) mass is 354 g/mol. The Hall–Kier alpha value is -1.31. The van der Waals surface area contributed by atoms with Gasteiger partial charge in [0.25, 0.3) is 5.78 Å². The molecule has 140 valence electrons. The zero-order valence-corrected chi connectivity index (χ0v) is 12.6. The predicted molar refractivity (Wildman–Crippen MR) is 74.5 cm³/mol. The summed E-state index contributed by atoms with van der Waals surface area (Å²) in [4.78, 5) is 34.7. The topological polar surface area (TPSA) is 213 Å². The van der Waals surface area contributed by atoms with Gasteiger partial charge < -0.3 is 40.9 Å². The van der Waals surface area contributed by atoms with Crippen molar-refractivity contribution in [3.63, 3.8) is 0 Å². The lowest BCUT2D eigenvalue weighted by atomic mass is 9.96. The van der Waals surface area contributed by atoms with Crippen LogP contribution in [0.4, 0.5) is 0 Å². The van der Waals surface area contributed by atoms with Crippen LogP contribution in [0.2, 0.25) is 0 Å². The van der Waals surface area contributed by atoms with Gasteiger partial charge >= 0.3 is 0 Å². The molecule has 0 aromatic carbocycles. The average molecular weight is 354 g/mol. The zero-order valence-electron chi connectivity index (χ0n) is 12.6. The second kappa shape index (κ2) is 10.5. The number of hydrogen-bond acceptors (Lipinski definition) is 11. The first-order valence-electron chi connectivity index (χ1n) is 6.99. The summed E-state index contributed by atoms with van der Waals surface area (Å²) in [5, 5.41) is 72.9. The minimum absolute atomic E-state index is 0.832. The van der Waals surface area contributed by atoms with E-state index in [-0.39, 0.29) is 0 Å². The van der Waals surface area contributed by atoms with Crippen molar-refractivity contribution >= 4 is 17.3 Å². The van der Waals surface area contributed by atoms with Crippen LogP contribution >= 0.6 is 0 Å². The van der Waals surface area contributed by atoms with E-state index in [4.69, 9.17) is 20.4 Å². The van der Waals surface area contributed by atoms with E-state index in [1.54, 1.807) is 0 Å². The number of carbonyl (C=O) groups is 3. The highest BCUT2D eigenvalue weighted by molar-refractivity contribution is 6.65. The number of carbonyl (C=O) groups excluding carboxylic acids is 3. The molecular formula is C13H22O11. The molecule has 6 atom stereocenters. The van der Waals surface area contributed by atoms with Crippen molar-refractivity contribution in [3.05, 3.63) is 0 Å². The molecule has 0 aromatic heterocycles. The van der Waals surface area contributed by atoms with Crippen LogP contribution in [0.25, 0.3) is 0 Å². The van der Waals surface area contributed by atoms with Crippen molar-refractivity contribution < 1.29 is 55.2 Å². The third-order valence-electron chi connectivity index (χ3n) is 3.24. The molecule has 8 N–H and O–H groups in total. The summed E-state index contributed by atoms with van der Waals surface area (Å²) >= 11 is 0. The van der Waals surface area contributed by atoms with Crippen LogP contribution in [0.5, 0.6) is 0 Å². The van der Waals surface area contributed by atoms with Crippen LogP contribution in [-0.2, 0) is 14.4 Å². The Kier molecular flexibility index (Phi) is 9.96. The van der Waals surface area contributed by atoms with E-state index in [1.165, 1.54) is 0 Å². The number of rotatable bonds is 12. The second-order valence-electron chi connectivity index (χ2n) is 5.20. The van der Waals surface area contributed by atoms with E-state index in [2.05, 4.69) is 0 Å². The Bertz CT molecular complexity index is 400. The SMILES string of the molecule is O=C(C(=O)[C@H](O)C[C@H](O)[C@H](O)CO)C(=O)[C@H](O)C[C@H](O)[C@H](O)CO. The molecule has 0 aliphatic carbocycles. The number of Topliss-reactive ketones (excluding diaryl/α,β-unsaturated/α-hetero) is 3. The predicted octanol–water partition coefficient (Wildman–Crippen LogP) is -5.38. The van der Waals surface area contributed by atoms with Crippen molar-refractivity contribution in [2.45, 2.75) is 49.5 Å². The normalized spacial score (nSPS) is 19.0. The fraction of sp³-hybridized carbons (Fsp3) is 0.769. The fourth-order valence-electron chi connectivity index (χ4n) is 1.65. The van der Waals surface area contributed by atoms with Crippen molar-refractivity contribution in [1.82, 2.24) is 0 Å². The third kappa shape index (κ3) is 6.67. The molecule has 0 unspecified atom stereocenters. The maximum atomic E-state index is 11.6. The third-order valence-corrected chi connectivity index (χ3v) is 3.24. The van der Waals surface area contributed by atoms with E-state index in [1.807, 2.05) is 0 Å². The molecule has 0 saturated carbocycles. The smallest absolute Gasteiger partial charge is 0.269 e. The summed E-state index contributed by atoms with van der Waals surface area (Å²) in [6, 6.07) is 0. The maximum Gasteiger partial charge on any atom is 0.269 e. The molecular weight excluding hydrogens is 332 g/mol. The van der Waals surface area contributed by atoms with Crippen molar-refractivity contribution in [2.24, 2.45) is 0 Å². The van der Waals surface area contributed by atoms with Crippen LogP contribution in [0, 0.1) is 0 Å². The van der Waals surface area contributed by atoms with Gasteiger partial charge in [-0.2, -0.15) is 0 Å². The molecule has 0 radical (unpaired) electrons. The van der Waals surface area contributed by atoms with Gasteiger partial charge in [0.1, 0.15) is 24.4 Å². The molecule has 0 rings (SSSR count). The van der Waals surface area contributed by atoms with Crippen LogP contribution in [0.15, 0.2) is 0 Å². The Morgan fingerprint density at radius 3 is 1.12 bits per heavy atom. The van der Waals surface area contributed by atoms with Crippen LogP contribution in [-0.4, -0.2) is 108 Å². The van der Waals surface area contributed by atoms with Crippen LogP contribution in [0.1, 0.15) is 12.8 Å². The first-order valence-corrected chi connectivity index (χ1v) is 6.99. The Balaban J connectivity index is 4.70.